The van der Waals surface area contributed by atoms with E-state index in [2.05, 4.69) is 15.5 Å². The van der Waals surface area contributed by atoms with E-state index in [0.29, 0.717) is 0 Å². The molecule has 21 heavy (non-hydrogen) atoms. The molecule has 1 aromatic carbocycles. The van der Waals surface area contributed by atoms with Gasteiger partial charge in [-0.05, 0) is 24.3 Å². The van der Waals surface area contributed by atoms with E-state index in [4.69, 9.17) is 10.9 Å². The van der Waals surface area contributed by atoms with Crippen LogP contribution in [0.15, 0.2) is 41.8 Å². The van der Waals surface area contributed by atoms with Gasteiger partial charge in [-0.3, -0.25) is 9.78 Å². The Morgan fingerprint density at radius 3 is 2.67 bits per heavy atom. The summed E-state index contributed by atoms with van der Waals surface area (Å²) < 4.78 is 26.9. The molecule has 108 valence electrons. The fraction of sp³-hybridized carbons (Fsp3) is 0. The molecule has 1 heterocycles. The number of nitrogens with one attached hydrogen (secondary N) is 1. The molecule has 0 saturated carbocycles. The Labute approximate surface area is 117 Å². The molecule has 0 spiro atoms. The van der Waals surface area contributed by atoms with Gasteiger partial charge in [0.1, 0.15) is 5.82 Å². The Hall–Kier alpha value is -3.03. The highest BCUT2D eigenvalue weighted by Crippen LogP contribution is 2.16. The fourth-order valence-electron chi connectivity index (χ4n) is 1.61. The molecule has 0 aliphatic carbocycles. The molecule has 6 nitrogen and oxygen atoms in total. The summed E-state index contributed by atoms with van der Waals surface area (Å²) in [5.74, 6) is -2.68. The molecule has 0 atom stereocenters. The Kier molecular flexibility index (Phi) is 4.07. The van der Waals surface area contributed by atoms with Crippen LogP contribution in [0.1, 0.15) is 15.9 Å². The van der Waals surface area contributed by atoms with E-state index >= 15 is 0 Å². The van der Waals surface area contributed by atoms with E-state index in [9.17, 15) is 13.6 Å². The van der Waals surface area contributed by atoms with Crippen LogP contribution < -0.4 is 11.1 Å². The second kappa shape index (κ2) is 5.95. The molecule has 0 unspecified atom stereocenters. The molecule has 1 aromatic heterocycles. The van der Waals surface area contributed by atoms with Crippen molar-refractivity contribution >= 4 is 17.4 Å². The van der Waals surface area contributed by atoms with Crippen molar-refractivity contribution in [1.82, 2.24) is 4.98 Å². The van der Waals surface area contributed by atoms with Gasteiger partial charge >= 0.3 is 0 Å². The number of pyridine rings is 1. The van der Waals surface area contributed by atoms with Crippen LogP contribution in [0.5, 0.6) is 0 Å². The highest BCUT2D eigenvalue weighted by atomic mass is 19.1. The lowest BCUT2D eigenvalue weighted by atomic mass is 10.1. The SMILES string of the molecule is NC(=NO)c1cc(NC(=O)c2ccncc2F)ccc1F. The number of anilines is 1. The molecular weight excluding hydrogens is 282 g/mol. The van der Waals surface area contributed by atoms with Crippen molar-refractivity contribution in [3.63, 3.8) is 0 Å². The summed E-state index contributed by atoms with van der Waals surface area (Å²) in [6.45, 7) is 0. The van der Waals surface area contributed by atoms with Crippen LogP contribution in [0, 0.1) is 11.6 Å². The number of hydrogen-bond acceptors (Lipinski definition) is 4. The summed E-state index contributed by atoms with van der Waals surface area (Å²) in [7, 11) is 0. The van der Waals surface area contributed by atoms with Crippen LogP contribution in [0.3, 0.4) is 0 Å². The number of amidine groups is 1. The molecule has 0 fully saturated rings. The first-order valence-corrected chi connectivity index (χ1v) is 5.71. The minimum atomic E-state index is -0.784. The number of carbonyl (C=O) groups is 1. The van der Waals surface area contributed by atoms with E-state index in [1.165, 1.54) is 24.4 Å². The van der Waals surface area contributed by atoms with Crippen molar-refractivity contribution in [2.45, 2.75) is 0 Å². The van der Waals surface area contributed by atoms with Crippen molar-refractivity contribution in [3.8, 4) is 0 Å². The first-order valence-electron chi connectivity index (χ1n) is 5.71. The van der Waals surface area contributed by atoms with Gasteiger partial charge in [0.25, 0.3) is 5.91 Å². The number of oxime groups is 1. The largest absolute Gasteiger partial charge is 0.409 e. The predicted octanol–water partition coefficient (Wildman–Crippen LogP) is 1.71. The van der Waals surface area contributed by atoms with Gasteiger partial charge in [0, 0.05) is 11.9 Å². The molecule has 0 aliphatic rings. The Balaban J connectivity index is 2.28. The van der Waals surface area contributed by atoms with Crippen LogP contribution in [-0.4, -0.2) is 21.9 Å². The lowest BCUT2D eigenvalue weighted by molar-refractivity contribution is 0.102. The van der Waals surface area contributed by atoms with Crippen LogP contribution in [0.4, 0.5) is 14.5 Å². The normalized spacial score (nSPS) is 11.2. The maximum Gasteiger partial charge on any atom is 0.258 e. The third-order valence-corrected chi connectivity index (χ3v) is 2.62. The number of amides is 1. The molecule has 2 rings (SSSR count). The molecule has 1 amide bonds. The maximum atomic E-state index is 13.5. The monoisotopic (exact) mass is 292 g/mol. The molecule has 0 saturated heterocycles. The number of nitrogens with zero attached hydrogens (tertiary/aromatic N) is 2. The zero-order chi connectivity index (χ0) is 15.4. The number of carbonyl (C=O) groups excluding carboxylic acids is 1. The molecule has 2 aromatic rings. The van der Waals surface area contributed by atoms with E-state index in [0.717, 1.165) is 12.3 Å². The lowest BCUT2D eigenvalue weighted by Gasteiger charge is -2.08. The Bertz CT molecular complexity index is 719. The van der Waals surface area contributed by atoms with Gasteiger partial charge in [0.05, 0.1) is 17.3 Å². The quantitative estimate of drug-likeness (QED) is 0.347. The van der Waals surface area contributed by atoms with Crippen molar-refractivity contribution in [2.75, 3.05) is 5.32 Å². The number of hydrogen-bond donors (Lipinski definition) is 3. The van der Waals surface area contributed by atoms with Gasteiger partial charge in [0.15, 0.2) is 11.7 Å². The van der Waals surface area contributed by atoms with E-state index < -0.39 is 23.4 Å². The first kappa shape index (κ1) is 14.4. The van der Waals surface area contributed by atoms with Crippen molar-refractivity contribution in [3.05, 3.63) is 59.4 Å². The zero-order valence-corrected chi connectivity index (χ0v) is 10.5. The van der Waals surface area contributed by atoms with Gasteiger partial charge in [-0.25, -0.2) is 8.78 Å². The molecule has 0 radical (unpaired) electrons. The average Bonchev–Trinajstić information content (AvgIpc) is 2.48. The summed E-state index contributed by atoms with van der Waals surface area (Å²) in [6.07, 6.45) is 2.17. The number of rotatable bonds is 3. The summed E-state index contributed by atoms with van der Waals surface area (Å²) in [6, 6.07) is 4.67. The van der Waals surface area contributed by atoms with Gasteiger partial charge in [-0.1, -0.05) is 5.16 Å². The fourth-order valence-corrected chi connectivity index (χ4v) is 1.61. The molecular formula is C13H10F2N4O2. The van der Waals surface area contributed by atoms with Gasteiger partial charge in [-0.15, -0.1) is 0 Å². The van der Waals surface area contributed by atoms with Crippen LogP contribution in [0.25, 0.3) is 0 Å². The highest BCUT2D eigenvalue weighted by Gasteiger charge is 2.13. The number of benzene rings is 1. The minimum Gasteiger partial charge on any atom is -0.409 e. The van der Waals surface area contributed by atoms with Gasteiger partial charge in [-0.2, -0.15) is 0 Å². The Morgan fingerprint density at radius 1 is 1.24 bits per heavy atom. The zero-order valence-electron chi connectivity index (χ0n) is 10.5. The van der Waals surface area contributed by atoms with Crippen LogP contribution in [0.2, 0.25) is 0 Å². The summed E-state index contributed by atoms with van der Waals surface area (Å²) in [4.78, 5) is 15.4. The van der Waals surface area contributed by atoms with E-state index in [-0.39, 0.29) is 16.8 Å². The van der Waals surface area contributed by atoms with E-state index in [1.54, 1.807) is 0 Å². The number of aromatic nitrogens is 1. The summed E-state index contributed by atoms with van der Waals surface area (Å²) in [5.41, 5.74) is 5.08. The molecule has 0 bridgehead atoms. The second-order valence-corrected chi connectivity index (χ2v) is 3.99. The van der Waals surface area contributed by atoms with Gasteiger partial charge < -0.3 is 16.3 Å². The number of nitrogens with two attached hydrogens (primary N) is 1. The smallest absolute Gasteiger partial charge is 0.258 e. The highest BCUT2D eigenvalue weighted by molar-refractivity contribution is 6.05. The first-order chi connectivity index (χ1) is 10.0. The minimum absolute atomic E-state index is 0.166. The standard InChI is InChI=1S/C13H10F2N4O2/c14-10-2-1-7(5-9(10)12(16)19-21)18-13(20)8-3-4-17-6-11(8)15/h1-6,21H,(H2,16,19)(H,18,20). The van der Waals surface area contributed by atoms with E-state index in [1.807, 2.05) is 0 Å². The lowest BCUT2D eigenvalue weighted by Crippen LogP contribution is -2.17. The second-order valence-electron chi connectivity index (χ2n) is 3.99. The Morgan fingerprint density at radius 2 is 2.00 bits per heavy atom. The average molecular weight is 292 g/mol. The van der Waals surface area contributed by atoms with Crippen molar-refractivity contribution in [1.29, 1.82) is 0 Å². The predicted molar refractivity (Wildman–Crippen MR) is 71.1 cm³/mol. The molecule has 4 N–H and O–H groups in total. The third kappa shape index (κ3) is 3.11. The summed E-state index contributed by atoms with van der Waals surface area (Å²) >= 11 is 0. The molecule has 0 aliphatic heterocycles. The van der Waals surface area contributed by atoms with Crippen LogP contribution >= 0.6 is 0 Å². The van der Waals surface area contributed by atoms with Crippen molar-refractivity contribution < 1.29 is 18.8 Å². The summed E-state index contributed by atoms with van der Waals surface area (Å²) in [5, 5.41) is 13.6. The topological polar surface area (TPSA) is 101 Å². The van der Waals surface area contributed by atoms with Crippen LogP contribution in [-0.2, 0) is 0 Å². The number of halogens is 2. The third-order valence-electron chi connectivity index (χ3n) is 2.62. The van der Waals surface area contributed by atoms with Gasteiger partial charge in [0.2, 0.25) is 0 Å². The molecule has 8 heteroatoms. The maximum absolute atomic E-state index is 13.5. The van der Waals surface area contributed by atoms with Crippen molar-refractivity contribution in [2.24, 2.45) is 10.9 Å².